The van der Waals surface area contributed by atoms with Crippen LogP contribution in [0.15, 0.2) is 4.21 Å². The Labute approximate surface area is 123 Å². The highest BCUT2D eigenvalue weighted by Crippen LogP contribution is 2.31. The van der Waals surface area contributed by atoms with E-state index in [1.165, 1.54) is 0 Å². The van der Waals surface area contributed by atoms with Gasteiger partial charge in [-0.05, 0) is 38.0 Å². The second kappa shape index (κ2) is 5.68. The number of nitrogens with zero attached hydrogens (tertiary/aromatic N) is 1. The summed E-state index contributed by atoms with van der Waals surface area (Å²) in [6, 6.07) is 0.0245. The van der Waals surface area contributed by atoms with Crippen molar-refractivity contribution in [1.82, 2.24) is 9.71 Å². The first-order chi connectivity index (χ1) is 8.79. The molecule has 2 rings (SSSR count). The van der Waals surface area contributed by atoms with Crippen molar-refractivity contribution >= 4 is 33.0 Å². The first kappa shape index (κ1) is 15.2. The number of aryl methyl sites for hydroxylation is 1. The Hall–Kier alpha value is -0.170. The van der Waals surface area contributed by atoms with E-state index in [0.29, 0.717) is 17.5 Å². The molecule has 0 aromatic carbocycles. The number of nitrogens with one attached hydrogen (secondary N) is 1. The molecule has 7 heteroatoms. The van der Waals surface area contributed by atoms with Gasteiger partial charge < -0.3 is 0 Å². The maximum absolute atomic E-state index is 12.3. The third kappa shape index (κ3) is 3.48. The first-order valence-corrected chi connectivity index (χ1v) is 9.12. The third-order valence-corrected chi connectivity index (χ3v) is 7.28. The molecule has 1 aromatic heterocycles. The van der Waals surface area contributed by atoms with E-state index in [0.717, 1.165) is 30.6 Å². The molecule has 1 fully saturated rings. The van der Waals surface area contributed by atoms with Gasteiger partial charge >= 0.3 is 0 Å². The minimum atomic E-state index is -3.49. The van der Waals surface area contributed by atoms with Gasteiger partial charge in [0, 0.05) is 6.04 Å². The van der Waals surface area contributed by atoms with Crippen molar-refractivity contribution in [3.63, 3.8) is 0 Å². The Balaban J connectivity index is 2.12. The third-order valence-electron chi connectivity index (χ3n) is 3.89. The van der Waals surface area contributed by atoms with Gasteiger partial charge in [0.1, 0.15) is 0 Å². The molecule has 3 unspecified atom stereocenters. The van der Waals surface area contributed by atoms with Gasteiger partial charge in [-0.3, -0.25) is 0 Å². The molecule has 1 saturated carbocycles. The largest absolute Gasteiger partial charge is 0.252 e. The second-order valence-electron chi connectivity index (χ2n) is 5.43. The van der Waals surface area contributed by atoms with Crippen molar-refractivity contribution in [2.45, 2.75) is 50.3 Å². The summed E-state index contributed by atoms with van der Waals surface area (Å²) in [7, 11) is -3.49. The van der Waals surface area contributed by atoms with Crippen molar-refractivity contribution < 1.29 is 8.42 Å². The molecule has 0 aliphatic heterocycles. The second-order valence-corrected chi connectivity index (χ2v) is 8.92. The molecule has 0 radical (unpaired) electrons. The lowest BCUT2D eigenvalue weighted by molar-refractivity contribution is 0.242. The minimum absolute atomic E-state index is 0.0245. The van der Waals surface area contributed by atoms with Crippen LogP contribution in [0.1, 0.15) is 38.8 Å². The maximum Gasteiger partial charge on any atom is 0.252 e. The predicted molar refractivity (Wildman–Crippen MR) is 78.1 cm³/mol. The monoisotopic (exact) mass is 322 g/mol. The van der Waals surface area contributed by atoms with Crippen LogP contribution in [0.2, 0.25) is 4.47 Å². The zero-order valence-electron chi connectivity index (χ0n) is 11.3. The fraction of sp³-hybridized carbons (Fsp3) is 0.750. The van der Waals surface area contributed by atoms with Crippen LogP contribution in [0.5, 0.6) is 0 Å². The quantitative estimate of drug-likeness (QED) is 0.929. The lowest BCUT2D eigenvalue weighted by Gasteiger charge is -2.32. The summed E-state index contributed by atoms with van der Waals surface area (Å²) in [6.07, 6.45) is 2.86. The average Bonchev–Trinajstić information content (AvgIpc) is 2.63. The normalized spacial score (nSPS) is 28.5. The minimum Gasteiger partial charge on any atom is -0.229 e. The molecule has 1 aliphatic carbocycles. The smallest absolute Gasteiger partial charge is 0.229 e. The maximum atomic E-state index is 12.3. The van der Waals surface area contributed by atoms with E-state index < -0.39 is 10.0 Å². The van der Waals surface area contributed by atoms with Gasteiger partial charge in [0.2, 0.25) is 0 Å². The Morgan fingerprint density at radius 3 is 2.53 bits per heavy atom. The van der Waals surface area contributed by atoms with E-state index in [9.17, 15) is 8.42 Å². The highest BCUT2D eigenvalue weighted by atomic mass is 35.5. The van der Waals surface area contributed by atoms with Crippen LogP contribution in [-0.2, 0) is 10.0 Å². The number of hydrogen-bond acceptors (Lipinski definition) is 4. The predicted octanol–water partition coefficient (Wildman–Crippen LogP) is 3.21. The van der Waals surface area contributed by atoms with Crippen LogP contribution in [0.3, 0.4) is 0 Å². The number of hydrogen-bond donors (Lipinski definition) is 1. The van der Waals surface area contributed by atoms with E-state index in [2.05, 4.69) is 23.6 Å². The highest BCUT2D eigenvalue weighted by molar-refractivity contribution is 7.91. The molecule has 4 nitrogen and oxygen atoms in total. The van der Waals surface area contributed by atoms with E-state index in [1.54, 1.807) is 6.92 Å². The van der Waals surface area contributed by atoms with Crippen LogP contribution in [0.4, 0.5) is 0 Å². The highest BCUT2D eigenvalue weighted by Gasteiger charge is 2.30. The van der Waals surface area contributed by atoms with Crippen molar-refractivity contribution in [2.75, 3.05) is 0 Å². The average molecular weight is 323 g/mol. The molecular formula is C12H19ClN2O2S2. The van der Waals surface area contributed by atoms with Crippen molar-refractivity contribution in [2.24, 2.45) is 11.8 Å². The van der Waals surface area contributed by atoms with Gasteiger partial charge in [-0.1, -0.05) is 36.8 Å². The standard InChI is InChI=1S/C12H19ClN2O2S2/c1-7-4-5-10(6-8(7)2)15-19(16,17)11-9(3)14-12(13)18-11/h7-8,10,15H,4-6H2,1-3H3. The summed E-state index contributed by atoms with van der Waals surface area (Å²) in [5.41, 5.74) is 0.472. The van der Waals surface area contributed by atoms with Gasteiger partial charge in [-0.15, -0.1) is 0 Å². The zero-order chi connectivity index (χ0) is 14.2. The summed E-state index contributed by atoms with van der Waals surface area (Å²) >= 11 is 6.79. The van der Waals surface area contributed by atoms with Crippen LogP contribution in [0.25, 0.3) is 0 Å². The molecule has 1 aliphatic rings. The Morgan fingerprint density at radius 2 is 2.00 bits per heavy atom. The lowest BCUT2D eigenvalue weighted by atomic mass is 9.79. The fourth-order valence-electron chi connectivity index (χ4n) is 2.53. The van der Waals surface area contributed by atoms with Gasteiger partial charge in [0.05, 0.1) is 5.69 Å². The van der Waals surface area contributed by atoms with Crippen molar-refractivity contribution in [3.8, 4) is 0 Å². The number of thiazole rings is 1. The summed E-state index contributed by atoms with van der Waals surface area (Å²) in [4.78, 5) is 3.96. The summed E-state index contributed by atoms with van der Waals surface area (Å²) in [5, 5.41) is 0. The lowest BCUT2D eigenvalue weighted by Crippen LogP contribution is -2.39. The van der Waals surface area contributed by atoms with Gasteiger partial charge in [0.25, 0.3) is 10.0 Å². The molecule has 19 heavy (non-hydrogen) atoms. The van der Waals surface area contributed by atoms with Crippen LogP contribution >= 0.6 is 22.9 Å². The summed E-state index contributed by atoms with van der Waals surface area (Å²) in [6.45, 7) is 6.07. The molecule has 1 heterocycles. The summed E-state index contributed by atoms with van der Waals surface area (Å²) < 4.78 is 28.0. The fourth-order valence-corrected chi connectivity index (χ4v) is 5.57. The van der Waals surface area contributed by atoms with Crippen LogP contribution in [-0.4, -0.2) is 19.4 Å². The van der Waals surface area contributed by atoms with E-state index in [1.807, 2.05) is 0 Å². The molecule has 0 saturated heterocycles. The van der Waals surface area contributed by atoms with E-state index in [-0.39, 0.29) is 14.7 Å². The number of rotatable bonds is 3. The van der Waals surface area contributed by atoms with Gasteiger partial charge in [0.15, 0.2) is 8.68 Å². The molecular weight excluding hydrogens is 304 g/mol. The van der Waals surface area contributed by atoms with Crippen molar-refractivity contribution in [1.29, 1.82) is 0 Å². The topological polar surface area (TPSA) is 59.1 Å². The molecule has 3 atom stereocenters. The molecule has 0 spiro atoms. The SMILES string of the molecule is Cc1nc(Cl)sc1S(=O)(=O)NC1CCC(C)C(C)C1. The Morgan fingerprint density at radius 1 is 1.32 bits per heavy atom. The van der Waals surface area contributed by atoms with E-state index >= 15 is 0 Å². The summed E-state index contributed by atoms with van der Waals surface area (Å²) in [5.74, 6) is 1.22. The van der Waals surface area contributed by atoms with Gasteiger partial charge in [-0.25, -0.2) is 18.1 Å². The number of aromatic nitrogens is 1. The first-order valence-electron chi connectivity index (χ1n) is 6.45. The van der Waals surface area contributed by atoms with Crippen LogP contribution < -0.4 is 4.72 Å². The number of halogens is 1. The van der Waals surface area contributed by atoms with Crippen molar-refractivity contribution in [3.05, 3.63) is 10.2 Å². The Kier molecular flexibility index (Phi) is 4.55. The molecule has 0 bridgehead atoms. The Bertz CT molecular complexity index is 556. The molecule has 1 N–H and O–H groups in total. The molecule has 0 amide bonds. The molecule has 1 aromatic rings. The molecule has 108 valence electrons. The van der Waals surface area contributed by atoms with E-state index in [4.69, 9.17) is 11.6 Å². The van der Waals surface area contributed by atoms with Crippen LogP contribution in [0, 0.1) is 18.8 Å². The zero-order valence-corrected chi connectivity index (χ0v) is 13.7. The number of sulfonamides is 1. The van der Waals surface area contributed by atoms with Gasteiger partial charge in [-0.2, -0.15) is 0 Å².